The van der Waals surface area contributed by atoms with E-state index in [2.05, 4.69) is 29.1 Å². The summed E-state index contributed by atoms with van der Waals surface area (Å²) >= 11 is 6.17. The third-order valence-electron chi connectivity index (χ3n) is 3.78. The van der Waals surface area contributed by atoms with Crippen LogP contribution in [0.5, 0.6) is 0 Å². The molecule has 6 heteroatoms. The summed E-state index contributed by atoms with van der Waals surface area (Å²) in [6.45, 7) is 9.32. The molecule has 5 nitrogen and oxygen atoms in total. The molecule has 1 aromatic heterocycles. The van der Waals surface area contributed by atoms with E-state index >= 15 is 0 Å². The number of halogens is 1. The molecule has 0 atom stereocenters. The molecule has 2 rings (SSSR count). The number of carbonyl (C=O) groups is 1. The molecule has 2 aromatic rings. The van der Waals surface area contributed by atoms with Crippen LogP contribution in [0.25, 0.3) is 0 Å². The molecule has 0 saturated heterocycles. The molecule has 0 aliphatic heterocycles. The van der Waals surface area contributed by atoms with Crippen molar-refractivity contribution in [2.75, 3.05) is 18.4 Å². The van der Waals surface area contributed by atoms with Crippen molar-refractivity contribution in [3.63, 3.8) is 0 Å². The van der Waals surface area contributed by atoms with Gasteiger partial charge in [0.25, 0.3) is 5.91 Å². The van der Waals surface area contributed by atoms with E-state index in [1.807, 2.05) is 30.0 Å². The van der Waals surface area contributed by atoms with E-state index < -0.39 is 0 Å². The first-order valence-electron chi connectivity index (χ1n) is 8.62. The van der Waals surface area contributed by atoms with Crippen molar-refractivity contribution in [2.45, 2.75) is 40.5 Å². The second-order valence-corrected chi connectivity index (χ2v) is 6.47. The predicted molar refractivity (Wildman–Crippen MR) is 103 cm³/mol. The molecule has 0 aliphatic carbocycles. The highest BCUT2D eigenvalue weighted by atomic mass is 35.5. The van der Waals surface area contributed by atoms with Gasteiger partial charge in [0.15, 0.2) is 0 Å². The van der Waals surface area contributed by atoms with Crippen molar-refractivity contribution < 1.29 is 4.79 Å². The predicted octanol–water partition coefficient (Wildman–Crippen LogP) is 4.75. The van der Waals surface area contributed by atoms with Gasteiger partial charge in [-0.15, -0.1) is 0 Å². The van der Waals surface area contributed by atoms with E-state index in [1.54, 1.807) is 13.0 Å². The van der Waals surface area contributed by atoms with Gasteiger partial charge in [-0.3, -0.25) is 4.79 Å². The minimum absolute atomic E-state index is 0.0563. The van der Waals surface area contributed by atoms with Gasteiger partial charge in [-0.25, -0.2) is 9.97 Å². The Morgan fingerprint density at radius 3 is 2.40 bits per heavy atom. The van der Waals surface area contributed by atoms with Crippen LogP contribution in [0.1, 0.15) is 48.6 Å². The minimum atomic E-state index is -0.0563. The summed E-state index contributed by atoms with van der Waals surface area (Å²) in [4.78, 5) is 23.3. The molecule has 1 amide bonds. The van der Waals surface area contributed by atoms with Crippen molar-refractivity contribution >= 4 is 29.0 Å². The molecule has 1 N–H and O–H groups in total. The van der Waals surface area contributed by atoms with Crippen molar-refractivity contribution in [1.29, 1.82) is 0 Å². The third-order valence-corrected chi connectivity index (χ3v) is 4.18. The van der Waals surface area contributed by atoms with Crippen LogP contribution in [0.3, 0.4) is 0 Å². The van der Waals surface area contributed by atoms with E-state index in [1.165, 1.54) is 0 Å². The van der Waals surface area contributed by atoms with Gasteiger partial charge in [-0.1, -0.05) is 31.5 Å². The number of aryl methyl sites for hydroxylation is 2. The Morgan fingerprint density at radius 1 is 1.12 bits per heavy atom. The van der Waals surface area contributed by atoms with E-state index in [-0.39, 0.29) is 5.91 Å². The highest BCUT2D eigenvalue weighted by Crippen LogP contribution is 2.23. The fourth-order valence-electron chi connectivity index (χ4n) is 2.58. The van der Waals surface area contributed by atoms with Crippen molar-refractivity contribution in [2.24, 2.45) is 0 Å². The molecule has 0 unspecified atom stereocenters. The topological polar surface area (TPSA) is 58.1 Å². The Balaban J connectivity index is 2.26. The van der Waals surface area contributed by atoms with Crippen molar-refractivity contribution in [1.82, 2.24) is 14.9 Å². The van der Waals surface area contributed by atoms with E-state index in [0.29, 0.717) is 22.4 Å². The molecule has 0 fully saturated rings. The van der Waals surface area contributed by atoms with Gasteiger partial charge in [0.1, 0.15) is 17.3 Å². The molecule has 0 saturated carbocycles. The van der Waals surface area contributed by atoms with Crippen LogP contribution in [0.4, 0.5) is 11.5 Å². The SMILES string of the molecule is CCCN(CCC)C(=O)c1cc(Nc2ccc(C)c(Cl)c2)nc(C)n1. The average Bonchev–Trinajstić information content (AvgIpc) is 2.57. The van der Waals surface area contributed by atoms with Crippen LogP contribution in [0.15, 0.2) is 24.3 Å². The summed E-state index contributed by atoms with van der Waals surface area (Å²) in [5, 5.41) is 3.89. The highest BCUT2D eigenvalue weighted by Gasteiger charge is 2.17. The Morgan fingerprint density at radius 2 is 1.80 bits per heavy atom. The lowest BCUT2D eigenvalue weighted by molar-refractivity contribution is 0.0749. The molecule has 0 aliphatic rings. The molecular formula is C19H25ClN4O. The Kier molecular flexibility index (Phi) is 6.76. The molecule has 134 valence electrons. The number of aromatic nitrogens is 2. The van der Waals surface area contributed by atoms with Crippen LogP contribution in [0.2, 0.25) is 5.02 Å². The summed E-state index contributed by atoms with van der Waals surface area (Å²) in [6, 6.07) is 7.41. The van der Waals surface area contributed by atoms with Crippen LogP contribution < -0.4 is 5.32 Å². The second-order valence-electron chi connectivity index (χ2n) is 6.07. The van der Waals surface area contributed by atoms with Gasteiger partial charge in [-0.05, 0) is 44.4 Å². The summed E-state index contributed by atoms with van der Waals surface area (Å²) in [5.74, 6) is 1.09. The summed E-state index contributed by atoms with van der Waals surface area (Å²) in [7, 11) is 0. The number of nitrogens with zero attached hydrogens (tertiary/aromatic N) is 3. The smallest absolute Gasteiger partial charge is 0.272 e. The Labute approximate surface area is 154 Å². The second kappa shape index (κ2) is 8.81. The summed E-state index contributed by atoms with van der Waals surface area (Å²) in [5.41, 5.74) is 2.25. The molecule has 0 bridgehead atoms. The number of benzene rings is 1. The molecule has 25 heavy (non-hydrogen) atoms. The van der Waals surface area contributed by atoms with Crippen molar-refractivity contribution in [3.05, 3.63) is 46.4 Å². The van der Waals surface area contributed by atoms with Gasteiger partial charge < -0.3 is 10.2 Å². The lowest BCUT2D eigenvalue weighted by atomic mass is 10.2. The zero-order chi connectivity index (χ0) is 18.4. The van der Waals surface area contributed by atoms with E-state index in [4.69, 9.17) is 11.6 Å². The van der Waals surface area contributed by atoms with Crippen LogP contribution in [-0.2, 0) is 0 Å². The highest BCUT2D eigenvalue weighted by molar-refractivity contribution is 6.31. The zero-order valence-corrected chi connectivity index (χ0v) is 16.0. The number of anilines is 2. The molecule has 0 radical (unpaired) electrons. The van der Waals surface area contributed by atoms with Crippen LogP contribution in [-0.4, -0.2) is 33.9 Å². The van der Waals surface area contributed by atoms with Crippen LogP contribution >= 0.6 is 11.6 Å². The van der Waals surface area contributed by atoms with Gasteiger partial charge in [-0.2, -0.15) is 0 Å². The Bertz CT molecular complexity index is 742. The maximum absolute atomic E-state index is 12.8. The lowest BCUT2D eigenvalue weighted by Crippen LogP contribution is -2.33. The fraction of sp³-hybridized carbons (Fsp3) is 0.421. The molecular weight excluding hydrogens is 336 g/mol. The minimum Gasteiger partial charge on any atom is -0.340 e. The molecule has 1 heterocycles. The van der Waals surface area contributed by atoms with E-state index in [0.717, 1.165) is 37.2 Å². The standard InChI is InChI=1S/C19H25ClN4O/c1-5-9-24(10-6-2)19(25)17-12-18(22-14(4)21-17)23-15-8-7-13(3)16(20)11-15/h7-8,11-12H,5-6,9-10H2,1-4H3,(H,21,22,23). The maximum Gasteiger partial charge on any atom is 0.272 e. The van der Waals surface area contributed by atoms with E-state index in [9.17, 15) is 4.79 Å². The van der Waals surface area contributed by atoms with Gasteiger partial charge in [0.2, 0.25) is 0 Å². The summed E-state index contributed by atoms with van der Waals surface area (Å²) in [6.07, 6.45) is 1.84. The van der Waals surface area contributed by atoms with Crippen molar-refractivity contribution in [3.8, 4) is 0 Å². The monoisotopic (exact) mass is 360 g/mol. The number of hydrogen-bond acceptors (Lipinski definition) is 4. The number of carbonyl (C=O) groups excluding carboxylic acids is 1. The first kappa shape index (κ1) is 19.2. The number of hydrogen-bond donors (Lipinski definition) is 1. The zero-order valence-electron chi connectivity index (χ0n) is 15.3. The largest absolute Gasteiger partial charge is 0.340 e. The first-order chi connectivity index (χ1) is 11.9. The number of amides is 1. The van der Waals surface area contributed by atoms with Crippen LogP contribution in [0, 0.1) is 13.8 Å². The number of rotatable bonds is 7. The normalized spacial score (nSPS) is 10.6. The lowest BCUT2D eigenvalue weighted by Gasteiger charge is -2.21. The Hall–Kier alpha value is -2.14. The third kappa shape index (κ3) is 5.16. The summed E-state index contributed by atoms with van der Waals surface area (Å²) < 4.78 is 0. The number of nitrogens with one attached hydrogen (secondary N) is 1. The average molecular weight is 361 g/mol. The quantitative estimate of drug-likeness (QED) is 0.773. The van der Waals surface area contributed by atoms with Gasteiger partial charge in [0.05, 0.1) is 0 Å². The molecule has 0 spiro atoms. The first-order valence-corrected chi connectivity index (χ1v) is 9.00. The molecule has 1 aromatic carbocycles. The van der Waals surface area contributed by atoms with Gasteiger partial charge >= 0.3 is 0 Å². The maximum atomic E-state index is 12.8. The fourth-order valence-corrected chi connectivity index (χ4v) is 2.76. The van der Waals surface area contributed by atoms with Gasteiger partial charge in [0, 0.05) is 29.9 Å².